The van der Waals surface area contributed by atoms with Gasteiger partial charge in [-0.3, -0.25) is 15.0 Å². The normalized spacial score (nSPS) is 38.0. The highest BCUT2D eigenvalue weighted by Crippen LogP contribution is 2.60. The number of hydrazine groups is 1. The highest BCUT2D eigenvalue weighted by atomic mass is 17.3. The first-order chi connectivity index (χ1) is 16.8. The van der Waals surface area contributed by atoms with E-state index in [1.807, 2.05) is 56.3 Å². The molecule has 0 aromatic heterocycles. The third kappa shape index (κ3) is 3.44. The molecule has 4 aliphatic heterocycles. The Morgan fingerprint density at radius 1 is 0.943 bits per heavy atom. The minimum absolute atomic E-state index is 0.0258. The van der Waals surface area contributed by atoms with Crippen LogP contribution in [0.1, 0.15) is 56.8 Å². The molecule has 2 aromatic rings. The predicted molar refractivity (Wildman–Crippen MR) is 128 cm³/mol. The van der Waals surface area contributed by atoms with Crippen molar-refractivity contribution in [2.45, 2.75) is 64.1 Å². The number of nitrogens with zero attached hydrogens (tertiary/aromatic N) is 1. The van der Waals surface area contributed by atoms with E-state index < -0.39 is 17.6 Å². The van der Waals surface area contributed by atoms with Crippen LogP contribution in [0, 0.1) is 23.7 Å². The van der Waals surface area contributed by atoms with E-state index in [1.54, 1.807) is 12.1 Å². The van der Waals surface area contributed by atoms with Gasteiger partial charge in [-0.2, -0.15) is 0 Å². The Hall–Kier alpha value is -2.74. The van der Waals surface area contributed by atoms with Crippen LogP contribution in [0.4, 0.5) is 0 Å². The van der Waals surface area contributed by atoms with E-state index in [0.717, 1.165) is 30.4 Å². The fraction of sp³-hybridized carbons (Fsp3) is 0.500. The van der Waals surface area contributed by atoms with E-state index in [4.69, 9.17) is 14.5 Å². The Balaban J connectivity index is 1.32. The molecular formula is C28H32N2O5. The summed E-state index contributed by atoms with van der Waals surface area (Å²) in [7, 11) is 0. The van der Waals surface area contributed by atoms with Crippen molar-refractivity contribution in [2.75, 3.05) is 0 Å². The molecule has 5 fully saturated rings. The lowest BCUT2D eigenvalue weighted by atomic mass is 9.57. The van der Waals surface area contributed by atoms with Crippen molar-refractivity contribution in [3.63, 3.8) is 0 Å². The molecule has 1 unspecified atom stereocenters. The summed E-state index contributed by atoms with van der Waals surface area (Å²) < 4.78 is 6.47. The molecule has 2 bridgehead atoms. The maximum Gasteiger partial charge on any atom is 0.269 e. The summed E-state index contributed by atoms with van der Waals surface area (Å²) in [5.74, 6) is -1.22. The average Bonchev–Trinajstić information content (AvgIpc) is 3.12. The number of ether oxygens (including phenoxy) is 1. The number of hydrogen-bond donors (Lipinski definition) is 1. The SMILES string of the molecule is C[C@@H]1CC[C@H]2[C@@H](C)C(=O)N(NC(=O)c3ccc(-c4ccccc4)cc3)[C@@H]3OC4(C)CC[C@@H]1[C@@]23OO4. The average molecular weight is 477 g/mol. The molecule has 1 saturated carbocycles. The van der Waals surface area contributed by atoms with Crippen LogP contribution in [0.3, 0.4) is 0 Å². The van der Waals surface area contributed by atoms with Crippen LogP contribution in [0.25, 0.3) is 11.1 Å². The summed E-state index contributed by atoms with van der Waals surface area (Å²) in [5, 5.41) is 1.39. The van der Waals surface area contributed by atoms with Crippen molar-refractivity contribution in [3.8, 4) is 11.1 Å². The molecule has 0 radical (unpaired) electrons. The maximum atomic E-state index is 13.6. The first-order valence-electron chi connectivity index (χ1n) is 12.7. The predicted octanol–water partition coefficient (Wildman–Crippen LogP) is 4.69. The summed E-state index contributed by atoms with van der Waals surface area (Å²) in [4.78, 5) is 39.0. The van der Waals surface area contributed by atoms with Crippen molar-refractivity contribution in [1.82, 2.24) is 10.4 Å². The van der Waals surface area contributed by atoms with Gasteiger partial charge in [0.15, 0.2) is 11.8 Å². The number of piperidine rings is 1. The Morgan fingerprint density at radius 2 is 1.66 bits per heavy atom. The summed E-state index contributed by atoms with van der Waals surface area (Å²) in [6.45, 7) is 6.03. The number of fused-ring (bicyclic) bond motifs is 2. The highest BCUT2D eigenvalue weighted by Gasteiger charge is 2.71. The third-order valence-electron chi connectivity index (χ3n) is 8.74. The van der Waals surface area contributed by atoms with Gasteiger partial charge in [0.1, 0.15) is 0 Å². The van der Waals surface area contributed by atoms with Crippen molar-refractivity contribution < 1.29 is 24.1 Å². The zero-order valence-corrected chi connectivity index (χ0v) is 20.4. The molecular weight excluding hydrogens is 444 g/mol. The molecule has 7 rings (SSSR count). The Morgan fingerprint density at radius 3 is 2.40 bits per heavy atom. The lowest BCUT2D eigenvalue weighted by Gasteiger charge is -2.61. The van der Waals surface area contributed by atoms with Crippen LogP contribution in [-0.2, 0) is 19.3 Å². The lowest BCUT2D eigenvalue weighted by molar-refractivity contribution is -0.549. The van der Waals surface area contributed by atoms with E-state index in [1.165, 1.54) is 5.01 Å². The maximum absolute atomic E-state index is 13.6. The summed E-state index contributed by atoms with van der Waals surface area (Å²) in [5.41, 5.74) is 4.66. The van der Waals surface area contributed by atoms with Crippen molar-refractivity contribution in [1.29, 1.82) is 0 Å². The van der Waals surface area contributed by atoms with Gasteiger partial charge in [-0.15, -0.1) is 0 Å². The van der Waals surface area contributed by atoms with Gasteiger partial charge >= 0.3 is 0 Å². The molecule has 2 aromatic carbocycles. The van der Waals surface area contributed by atoms with Gasteiger partial charge in [0.25, 0.3) is 5.91 Å². The Kier molecular flexibility index (Phi) is 5.29. The molecule has 7 nitrogen and oxygen atoms in total. The van der Waals surface area contributed by atoms with Gasteiger partial charge in [0, 0.05) is 23.8 Å². The standard InChI is InChI=1S/C28H32N2O5/c1-17-9-14-23-18(2)25(32)30(26-28(23)22(17)15-16-27(3,33-26)34-35-28)29-24(31)21-12-10-20(11-13-21)19-7-5-4-6-8-19/h4-8,10-13,17-18,22-23,26H,9,14-16H2,1-3H3,(H,29,31)/t17-,18-,22+,23+,26-,27?,28-/m1/s1. The second-order valence-corrected chi connectivity index (χ2v) is 10.8. The number of amides is 2. The largest absolute Gasteiger partial charge is 0.319 e. The van der Waals surface area contributed by atoms with Gasteiger partial charge in [0.2, 0.25) is 11.7 Å². The topological polar surface area (TPSA) is 77.1 Å². The number of rotatable bonds is 3. The van der Waals surface area contributed by atoms with Gasteiger partial charge in [0.05, 0.1) is 0 Å². The number of hydrogen-bond acceptors (Lipinski definition) is 5. The van der Waals surface area contributed by atoms with Crippen LogP contribution < -0.4 is 5.43 Å². The second kappa shape index (κ2) is 8.15. The molecule has 5 aliphatic rings. The molecule has 4 saturated heterocycles. The number of carbonyl (C=O) groups is 2. The smallest absolute Gasteiger partial charge is 0.269 e. The molecule has 1 N–H and O–H groups in total. The van der Waals surface area contributed by atoms with Crippen LogP contribution in [0.5, 0.6) is 0 Å². The van der Waals surface area contributed by atoms with Crippen LogP contribution in [-0.4, -0.2) is 34.4 Å². The fourth-order valence-electron chi connectivity index (χ4n) is 6.79. The van der Waals surface area contributed by atoms with Crippen LogP contribution >= 0.6 is 0 Å². The van der Waals surface area contributed by atoms with Gasteiger partial charge in [-0.25, -0.2) is 14.8 Å². The second-order valence-electron chi connectivity index (χ2n) is 10.8. The Labute approximate surface area is 205 Å². The molecule has 2 amide bonds. The van der Waals surface area contributed by atoms with Crippen LogP contribution in [0.2, 0.25) is 0 Å². The minimum Gasteiger partial charge on any atom is -0.319 e. The number of nitrogens with one attached hydrogen (secondary N) is 1. The van der Waals surface area contributed by atoms with E-state index in [2.05, 4.69) is 12.3 Å². The quantitative estimate of drug-likeness (QED) is 0.651. The third-order valence-corrected chi connectivity index (χ3v) is 8.74. The highest BCUT2D eigenvalue weighted by molar-refractivity contribution is 5.96. The molecule has 7 heteroatoms. The summed E-state index contributed by atoms with van der Waals surface area (Å²) >= 11 is 0. The number of carbonyl (C=O) groups excluding carboxylic acids is 2. The zero-order chi connectivity index (χ0) is 24.4. The van der Waals surface area contributed by atoms with E-state index in [9.17, 15) is 9.59 Å². The van der Waals surface area contributed by atoms with Gasteiger partial charge in [-0.05, 0) is 61.3 Å². The monoisotopic (exact) mass is 476 g/mol. The molecule has 1 aliphatic carbocycles. The molecule has 184 valence electrons. The van der Waals surface area contributed by atoms with Gasteiger partial charge < -0.3 is 4.74 Å². The molecule has 4 heterocycles. The molecule has 7 atom stereocenters. The number of benzene rings is 2. The van der Waals surface area contributed by atoms with E-state index in [0.29, 0.717) is 17.9 Å². The molecule has 35 heavy (non-hydrogen) atoms. The first kappa shape index (κ1) is 22.7. The van der Waals surface area contributed by atoms with Gasteiger partial charge in [-0.1, -0.05) is 56.3 Å². The Bertz CT molecular complexity index is 1140. The van der Waals surface area contributed by atoms with Crippen molar-refractivity contribution in [2.24, 2.45) is 23.7 Å². The van der Waals surface area contributed by atoms with Crippen molar-refractivity contribution >= 4 is 11.8 Å². The molecule has 1 spiro atoms. The summed E-state index contributed by atoms with van der Waals surface area (Å²) in [6.07, 6.45) is 2.75. The summed E-state index contributed by atoms with van der Waals surface area (Å²) in [6, 6.07) is 17.4. The lowest BCUT2D eigenvalue weighted by Crippen LogP contribution is -2.77. The van der Waals surface area contributed by atoms with Crippen LogP contribution in [0.15, 0.2) is 54.6 Å². The van der Waals surface area contributed by atoms with E-state index in [-0.39, 0.29) is 29.6 Å². The fourth-order valence-corrected chi connectivity index (χ4v) is 6.79. The minimum atomic E-state index is -0.960. The van der Waals surface area contributed by atoms with E-state index >= 15 is 0 Å². The zero-order valence-electron chi connectivity index (χ0n) is 20.4. The first-order valence-corrected chi connectivity index (χ1v) is 12.7. The van der Waals surface area contributed by atoms with Crippen molar-refractivity contribution in [3.05, 3.63) is 60.2 Å².